The number of amides is 1. The highest BCUT2D eigenvalue weighted by atomic mass is 16.3. The third-order valence-electron chi connectivity index (χ3n) is 3.56. The number of carbonyl (C=O) groups is 1. The van der Waals surface area contributed by atoms with Crippen molar-refractivity contribution in [2.75, 3.05) is 4.90 Å². The summed E-state index contributed by atoms with van der Waals surface area (Å²) in [7, 11) is 0. The van der Waals surface area contributed by atoms with Crippen LogP contribution in [-0.4, -0.2) is 17.1 Å². The molecule has 2 aromatic rings. The zero-order valence-corrected chi connectivity index (χ0v) is 10.7. The lowest BCUT2D eigenvalue weighted by molar-refractivity contribution is 0.0979. The van der Waals surface area contributed by atoms with E-state index in [1.54, 1.807) is 29.2 Å². The predicted molar refractivity (Wildman–Crippen MR) is 74.5 cm³/mol. The van der Waals surface area contributed by atoms with Crippen molar-refractivity contribution in [3.8, 4) is 5.75 Å². The quantitative estimate of drug-likeness (QED) is 0.848. The van der Waals surface area contributed by atoms with Gasteiger partial charge in [0, 0.05) is 11.7 Å². The molecule has 1 N–H and O–H groups in total. The summed E-state index contributed by atoms with van der Waals surface area (Å²) in [5.41, 5.74) is 2.48. The summed E-state index contributed by atoms with van der Waals surface area (Å²) in [6, 6.07) is 14.7. The van der Waals surface area contributed by atoms with Crippen LogP contribution in [0.2, 0.25) is 0 Å². The second-order valence-corrected chi connectivity index (χ2v) is 4.87. The van der Waals surface area contributed by atoms with E-state index >= 15 is 0 Å². The first kappa shape index (κ1) is 11.8. The SMILES string of the molecule is C[C@H]1Cc2ccccc2N1C(=O)c1ccccc1O. The van der Waals surface area contributed by atoms with Crippen molar-refractivity contribution in [2.45, 2.75) is 19.4 Å². The Kier molecular flexibility index (Phi) is 2.75. The molecule has 1 heterocycles. The third-order valence-corrected chi connectivity index (χ3v) is 3.56. The van der Waals surface area contributed by atoms with Gasteiger partial charge in [0.25, 0.3) is 5.91 Å². The molecule has 1 amide bonds. The minimum absolute atomic E-state index is 0.0316. The van der Waals surface area contributed by atoms with E-state index in [1.165, 1.54) is 5.56 Å². The van der Waals surface area contributed by atoms with Crippen molar-refractivity contribution in [2.24, 2.45) is 0 Å². The molecule has 1 aliphatic rings. The number of fused-ring (bicyclic) bond motifs is 1. The summed E-state index contributed by atoms with van der Waals surface area (Å²) in [5, 5.41) is 9.83. The van der Waals surface area contributed by atoms with Crippen LogP contribution in [0.1, 0.15) is 22.8 Å². The Balaban J connectivity index is 2.03. The minimum Gasteiger partial charge on any atom is -0.507 e. The maximum atomic E-state index is 12.6. The van der Waals surface area contributed by atoms with Crippen molar-refractivity contribution in [3.05, 3.63) is 59.7 Å². The fourth-order valence-corrected chi connectivity index (χ4v) is 2.66. The molecular formula is C16H15NO2. The fourth-order valence-electron chi connectivity index (χ4n) is 2.66. The Morgan fingerprint density at radius 2 is 1.84 bits per heavy atom. The first-order chi connectivity index (χ1) is 9.18. The van der Waals surface area contributed by atoms with Crippen LogP contribution in [0.15, 0.2) is 48.5 Å². The molecule has 0 bridgehead atoms. The Hall–Kier alpha value is -2.29. The van der Waals surface area contributed by atoms with Crippen molar-refractivity contribution in [1.29, 1.82) is 0 Å². The molecule has 0 radical (unpaired) electrons. The molecule has 0 aliphatic carbocycles. The predicted octanol–water partition coefficient (Wildman–Crippen LogP) is 2.98. The molecule has 0 unspecified atom stereocenters. The molecule has 2 aromatic carbocycles. The summed E-state index contributed by atoms with van der Waals surface area (Å²) in [4.78, 5) is 14.4. The lowest BCUT2D eigenvalue weighted by Gasteiger charge is -2.23. The van der Waals surface area contributed by atoms with Gasteiger partial charge in [-0.2, -0.15) is 0 Å². The Bertz CT molecular complexity index is 636. The van der Waals surface area contributed by atoms with E-state index in [2.05, 4.69) is 0 Å². The first-order valence-electron chi connectivity index (χ1n) is 6.38. The van der Waals surface area contributed by atoms with E-state index in [1.807, 2.05) is 31.2 Å². The standard InChI is InChI=1S/C16H15NO2/c1-11-10-12-6-2-4-8-14(12)17(11)16(19)13-7-3-5-9-15(13)18/h2-9,11,18H,10H2,1H3/t11-/m0/s1. The fraction of sp³-hybridized carbons (Fsp3) is 0.188. The number of aromatic hydroxyl groups is 1. The van der Waals surface area contributed by atoms with E-state index in [0.29, 0.717) is 5.56 Å². The van der Waals surface area contributed by atoms with Crippen LogP contribution in [0.3, 0.4) is 0 Å². The summed E-state index contributed by atoms with van der Waals surface area (Å²) < 4.78 is 0. The number of para-hydroxylation sites is 2. The normalized spacial score (nSPS) is 17.3. The van der Waals surface area contributed by atoms with Crippen molar-refractivity contribution < 1.29 is 9.90 Å². The van der Waals surface area contributed by atoms with Gasteiger partial charge in [0.15, 0.2) is 0 Å². The molecule has 19 heavy (non-hydrogen) atoms. The summed E-state index contributed by atoms with van der Waals surface area (Å²) in [6.07, 6.45) is 0.857. The number of benzene rings is 2. The summed E-state index contributed by atoms with van der Waals surface area (Å²) in [6.45, 7) is 2.03. The molecule has 0 aromatic heterocycles. The molecule has 0 spiro atoms. The molecule has 0 saturated carbocycles. The topological polar surface area (TPSA) is 40.5 Å². The van der Waals surface area contributed by atoms with E-state index in [0.717, 1.165) is 12.1 Å². The van der Waals surface area contributed by atoms with E-state index in [4.69, 9.17) is 0 Å². The van der Waals surface area contributed by atoms with Gasteiger partial charge in [-0.25, -0.2) is 0 Å². The van der Waals surface area contributed by atoms with Crippen LogP contribution < -0.4 is 4.90 Å². The highest BCUT2D eigenvalue weighted by molar-refractivity contribution is 6.09. The highest BCUT2D eigenvalue weighted by Gasteiger charge is 2.31. The molecule has 0 fully saturated rings. The van der Waals surface area contributed by atoms with Gasteiger partial charge in [-0.1, -0.05) is 30.3 Å². The van der Waals surface area contributed by atoms with Crippen molar-refractivity contribution >= 4 is 11.6 Å². The maximum Gasteiger partial charge on any atom is 0.262 e. The van der Waals surface area contributed by atoms with E-state index in [9.17, 15) is 9.90 Å². The van der Waals surface area contributed by atoms with Gasteiger partial charge >= 0.3 is 0 Å². The zero-order chi connectivity index (χ0) is 13.4. The average molecular weight is 253 g/mol. The number of nitrogens with zero attached hydrogens (tertiary/aromatic N) is 1. The van der Waals surface area contributed by atoms with Gasteiger partial charge in [0.2, 0.25) is 0 Å². The van der Waals surface area contributed by atoms with Crippen LogP contribution in [0.5, 0.6) is 5.75 Å². The lowest BCUT2D eigenvalue weighted by atomic mass is 10.1. The third kappa shape index (κ3) is 1.87. The van der Waals surface area contributed by atoms with Gasteiger partial charge in [-0.3, -0.25) is 4.79 Å². The second-order valence-electron chi connectivity index (χ2n) is 4.87. The number of hydrogen-bond acceptors (Lipinski definition) is 2. The monoisotopic (exact) mass is 253 g/mol. The number of phenolic OH excluding ortho intramolecular Hbond substituents is 1. The number of anilines is 1. The van der Waals surface area contributed by atoms with Crippen LogP contribution in [0.4, 0.5) is 5.69 Å². The Morgan fingerprint density at radius 3 is 2.63 bits per heavy atom. The van der Waals surface area contributed by atoms with Crippen LogP contribution in [0.25, 0.3) is 0 Å². The molecule has 3 nitrogen and oxygen atoms in total. The summed E-state index contributed by atoms with van der Waals surface area (Å²) in [5.74, 6) is -0.111. The zero-order valence-electron chi connectivity index (χ0n) is 10.7. The number of rotatable bonds is 1. The smallest absolute Gasteiger partial charge is 0.262 e. The van der Waals surface area contributed by atoms with Crippen LogP contribution in [0, 0.1) is 0 Å². The van der Waals surface area contributed by atoms with Crippen molar-refractivity contribution in [1.82, 2.24) is 0 Å². The maximum absolute atomic E-state index is 12.6. The number of carbonyl (C=O) groups excluding carboxylic acids is 1. The van der Waals surface area contributed by atoms with Crippen LogP contribution >= 0.6 is 0 Å². The Labute approximate surface area is 112 Å². The van der Waals surface area contributed by atoms with Gasteiger partial charge in [0.05, 0.1) is 5.56 Å². The number of phenols is 1. The Morgan fingerprint density at radius 1 is 1.16 bits per heavy atom. The molecule has 3 rings (SSSR count). The van der Waals surface area contributed by atoms with Crippen LogP contribution in [-0.2, 0) is 6.42 Å². The highest BCUT2D eigenvalue weighted by Crippen LogP contribution is 2.34. The first-order valence-corrected chi connectivity index (χ1v) is 6.38. The van der Waals surface area contributed by atoms with Crippen molar-refractivity contribution in [3.63, 3.8) is 0 Å². The van der Waals surface area contributed by atoms with E-state index in [-0.39, 0.29) is 17.7 Å². The van der Waals surface area contributed by atoms with Gasteiger partial charge < -0.3 is 10.0 Å². The largest absolute Gasteiger partial charge is 0.507 e. The lowest BCUT2D eigenvalue weighted by Crippen LogP contribution is -2.35. The minimum atomic E-state index is -0.143. The van der Waals surface area contributed by atoms with Gasteiger partial charge in [-0.15, -0.1) is 0 Å². The molecule has 96 valence electrons. The van der Waals surface area contributed by atoms with E-state index < -0.39 is 0 Å². The van der Waals surface area contributed by atoms with Gasteiger partial charge in [0.1, 0.15) is 5.75 Å². The molecule has 1 atom stereocenters. The van der Waals surface area contributed by atoms with Gasteiger partial charge in [-0.05, 0) is 37.1 Å². The molecular weight excluding hydrogens is 238 g/mol. The average Bonchev–Trinajstić information content (AvgIpc) is 2.74. The number of hydrogen-bond donors (Lipinski definition) is 1. The second kappa shape index (κ2) is 4.43. The molecule has 0 saturated heterocycles. The summed E-state index contributed by atoms with van der Waals surface area (Å²) >= 11 is 0. The molecule has 3 heteroatoms. The molecule has 1 aliphatic heterocycles.